The van der Waals surface area contributed by atoms with E-state index in [2.05, 4.69) is 0 Å². The monoisotopic (exact) mass is 424 g/mol. The van der Waals surface area contributed by atoms with Crippen LogP contribution in [-0.4, -0.2) is 23.6 Å². The van der Waals surface area contributed by atoms with E-state index in [1.54, 1.807) is 4.90 Å². The molecule has 154 valence electrons. The largest absolute Gasteiger partial charge is 0.618 e. The Morgan fingerprint density at radius 1 is 1.13 bits per heavy atom. The highest BCUT2D eigenvalue weighted by Gasteiger charge is 2.32. The SMILES string of the molecule is O=C(OCc1ccccc1)N(Cc1ccccc1)C1COc2cc(Cl)[n+]([O-])cc2C1. The quantitative estimate of drug-likeness (QED) is 0.351. The summed E-state index contributed by atoms with van der Waals surface area (Å²) >= 11 is 5.89. The summed E-state index contributed by atoms with van der Waals surface area (Å²) in [5.41, 5.74) is 2.60. The van der Waals surface area contributed by atoms with Crippen LogP contribution >= 0.6 is 11.6 Å². The molecule has 30 heavy (non-hydrogen) atoms. The highest BCUT2D eigenvalue weighted by Crippen LogP contribution is 2.28. The van der Waals surface area contributed by atoms with Gasteiger partial charge in [-0.25, -0.2) is 4.79 Å². The molecule has 0 bridgehead atoms. The van der Waals surface area contributed by atoms with Gasteiger partial charge in [0.1, 0.15) is 19.0 Å². The number of pyridine rings is 1. The van der Waals surface area contributed by atoms with Crippen molar-refractivity contribution >= 4 is 17.7 Å². The third-order valence-electron chi connectivity index (χ3n) is 5.01. The number of amides is 1. The minimum Gasteiger partial charge on any atom is -0.618 e. The van der Waals surface area contributed by atoms with Gasteiger partial charge in [-0.1, -0.05) is 60.7 Å². The Morgan fingerprint density at radius 3 is 2.50 bits per heavy atom. The van der Waals surface area contributed by atoms with Gasteiger partial charge in [0.15, 0.2) is 6.20 Å². The normalized spacial score (nSPS) is 15.0. The zero-order valence-corrected chi connectivity index (χ0v) is 17.0. The van der Waals surface area contributed by atoms with Crippen molar-refractivity contribution in [3.63, 3.8) is 0 Å². The Hall–Kier alpha value is -3.25. The van der Waals surface area contributed by atoms with Crippen LogP contribution in [0.5, 0.6) is 5.75 Å². The molecule has 0 fully saturated rings. The Bertz CT molecular complexity index is 1010. The fourth-order valence-corrected chi connectivity index (χ4v) is 3.59. The molecule has 0 aliphatic carbocycles. The van der Waals surface area contributed by atoms with Gasteiger partial charge in [-0.3, -0.25) is 4.90 Å². The van der Waals surface area contributed by atoms with E-state index in [4.69, 9.17) is 21.1 Å². The molecule has 1 atom stereocenters. The number of ether oxygens (including phenoxy) is 2. The molecule has 0 saturated heterocycles. The van der Waals surface area contributed by atoms with E-state index in [-0.39, 0.29) is 17.8 Å². The number of fused-ring (bicyclic) bond motifs is 1. The Labute approximate surface area is 179 Å². The zero-order chi connectivity index (χ0) is 20.9. The first-order valence-electron chi connectivity index (χ1n) is 9.66. The van der Waals surface area contributed by atoms with Crippen molar-refractivity contribution in [1.29, 1.82) is 0 Å². The minimum absolute atomic E-state index is 0.0515. The van der Waals surface area contributed by atoms with E-state index in [1.807, 2.05) is 60.7 Å². The summed E-state index contributed by atoms with van der Waals surface area (Å²) in [6.07, 6.45) is 1.45. The summed E-state index contributed by atoms with van der Waals surface area (Å²) in [7, 11) is 0. The molecule has 1 amide bonds. The van der Waals surface area contributed by atoms with Crippen molar-refractivity contribution in [2.24, 2.45) is 0 Å². The predicted octanol–water partition coefficient (Wildman–Crippen LogP) is 4.12. The van der Waals surface area contributed by atoms with Crippen LogP contribution in [0.2, 0.25) is 5.15 Å². The first kappa shape index (κ1) is 20.0. The summed E-state index contributed by atoms with van der Waals surface area (Å²) in [4.78, 5) is 14.7. The molecular formula is C23H21ClN2O4. The molecule has 0 N–H and O–H groups in total. The molecule has 1 aromatic heterocycles. The van der Waals surface area contributed by atoms with Crippen LogP contribution in [0, 0.1) is 5.21 Å². The molecule has 4 rings (SSSR count). The van der Waals surface area contributed by atoms with Gasteiger partial charge in [0.25, 0.3) is 5.15 Å². The Balaban J connectivity index is 1.53. The number of aromatic nitrogens is 1. The number of benzene rings is 2. The number of rotatable bonds is 5. The van der Waals surface area contributed by atoms with Crippen LogP contribution in [0.3, 0.4) is 0 Å². The van der Waals surface area contributed by atoms with Crippen molar-refractivity contribution in [2.45, 2.75) is 25.6 Å². The number of hydrogen-bond donors (Lipinski definition) is 0. The van der Waals surface area contributed by atoms with E-state index >= 15 is 0 Å². The smallest absolute Gasteiger partial charge is 0.410 e. The first-order chi connectivity index (χ1) is 14.6. The summed E-state index contributed by atoms with van der Waals surface area (Å²) in [5.74, 6) is 0.570. The molecular weight excluding hydrogens is 404 g/mol. The molecule has 3 aromatic rings. The van der Waals surface area contributed by atoms with Crippen LogP contribution in [-0.2, 0) is 24.3 Å². The molecule has 6 nitrogen and oxygen atoms in total. The molecule has 1 aliphatic heterocycles. The fourth-order valence-electron chi connectivity index (χ4n) is 3.44. The summed E-state index contributed by atoms with van der Waals surface area (Å²) in [6.45, 7) is 0.855. The molecule has 1 unspecified atom stereocenters. The van der Waals surface area contributed by atoms with Gasteiger partial charge in [-0.15, -0.1) is 0 Å². The number of carbonyl (C=O) groups is 1. The van der Waals surface area contributed by atoms with Crippen molar-refractivity contribution in [1.82, 2.24) is 4.90 Å². The lowest BCUT2D eigenvalue weighted by Crippen LogP contribution is -2.47. The second kappa shape index (κ2) is 9.05. The van der Waals surface area contributed by atoms with Gasteiger partial charge in [-0.2, -0.15) is 4.73 Å². The van der Waals surface area contributed by atoms with E-state index < -0.39 is 6.09 Å². The van der Waals surface area contributed by atoms with Gasteiger partial charge in [-0.05, 0) is 22.7 Å². The standard InChI is InChI=1S/C23H21ClN2O4/c24-22-12-21-19(14-26(22)28)11-20(16-29-21)25(13-17-7-3-1-4-8-17)23(27)30-15-18-9-5-2-6-10-18/h1-10,12,14,20H,11,13,15-16H2. The summed E-state index contributed by atoms with van der Waals surface area (Å²) < 4.78 is 12.0. The van der Waals surface area contributed by atoms with Gasteiger partial charge in [0.05, 0.1) is 17.7 Å². The Kier molecular flexibility index (Phi) is 6.05. The van der Waals surface area contributed by atoms with Crippen LogP contribution in [0.15, 0.2) is 72.9 Å². The van der Waals surface area contributed by atoms with Crippen LogP contribution in [0.4, 0.5) is 4.79 Å². The van der Waals surface area contributed by atoms with Crippen molar-refractivity contribution in [2.75, 3.05) is 6.61 Å². The van der Waals surface area contributed by atoms with Gasteiger partial charge >= 0.3 is 6.09 Å². The van der Waals surface area contributed by atoms with Gasteiger partial charge < -0.3 is 14.7 Å². The van der Waals surface area contributed by atoms with E-state index in [0.29, 0.717) is 35.6 Å². The van der Waals surface area contributed by atoms with E-state index in [0.717, 1.165) is 11.1 Å². The minimum atomic E-state index is -0.427. The lowest BCUT2D eigenvalue weighted by molar-refractivity contribution is -0.603. The van der Waals surface area contributed by atoms with Crippen molar-refractivity contribution < 1.29 is 19.0 Å². The van der Waals surface area contributed by atoms with E-state index in [9.17, 15) is 10.0 Å². The maximum atomic E-state index is 13.0. The number of halogens is 1. The van der Waals surface area contributed by atoms with Crippen LogP contribution in [0.25, 0.3) is 0 Å². The number of carbonyl (C=O) groups excluding carboxylic acids is 1. The lowest BCUT2D eigenvalue weighted by Gasteiger charge is -2.34. The summed E-state index contributed by atoms with van der Waals surface area (Å²) in [6, 6.07) is 20.5. The maximum absolute atomic E-state index is 13.0. The summed E-state index contributed by atoms with van der Waals surface area (Å²) in [5, 5.41) is 11.9. The first-order valence-corrected chi connectivity index (χ1v) is 10.0. The van der Waals surface area contributed by atoms with Crippen molar-refractivity contribution in [3.05, 3.63) is 100.0 Å². The average molecular weight is 425 g/mol. The highest BCUT2D eigenvalue weighted by molar-refractivity contribution is 6.28. The van der Waals surface area contributed by atoms with Crippen LogP contribution < -0.4 is 9.47 Å². The average Bonchev–Trinajstić information content (AvgIpc) is 2.78. The second-order valence-electron chi connectivity index (χ2n) is 7.13. The number of hydrogen-bond acceptors (Lipinski definition) is 4. The van der Waals surface area contributed by atoms with Crippen molar-refractivity contribution in [3.8, 4) is 5.75 Å². The Morgan fingerprint density at radius 2 is 1.80 bits per heavy atom. The molecule has 2 heterocycles. The molecule has 1 aliphatic rings. The fraction of sp³-hybridized carbons (Fsp3) is 0.217. The molecule has 0 radical (unpaired) electrons. The molecule has 7 heteroatoms. The van der Waals surface area contributed by atoms with Crippen LogP contribution in [0.1, 0.15) is 16.7 Å². The van der Waals surface area contributed by atoms with E-state index in [1.165, 1.54) is 12.3 Å². The van der Waals surface area contributed by atoms with Gasteiger partial charge in [0.2, 0.25) is 0 Å². The number of nitrogens with zero attached hydrogens (tertiary/aromatic N) is 2. The lowest BCUT2D eigenvalue weighted by atomic mass is 10.0. The maximum Gasteiger partial charge on any atom is 0.410 e. The second-order valence-corrected chi connectivity index (χ2v) is 7.52. The van der Waals surface area contributed by atoms with Gasteiger partial charge in [0, 0.05) is 13.0 Å². The molecule has 0 spiro atoms. The molecule has 2 aromatic carbocycles. The topological polar surface area (TPSA) is 65.7 Å². The molecule has 0 saturated carbocycles. The third-order valence-corrected chi connectivity index (χ3v) is 5.29. The third kappa shape index (κ3) is 4.66. The highest BCUT2D eigenvalue weighted by atomic mass is 35.5. The predicted molar refractivity (Wildman–Crippen MR) is 112 cm³/mol. The zero-order valence-electron chi connectivity index (χ0n) is 16.2.